The van der Waals surface area contributed by atoms with Crippen LogP contribution in [0.3, 0.4) is 0 Å². The number of hydrogen-bond donors (Lipinski definition) is 1. The first kappa shape index (κ1) is 11.3. The third-order valence-corrected chi connectivity index (χ3v) is 3.57. The highest BCUT2D eigenvalue weighted by Gasteiger charge is 2.33. The van der Waals surface area contributed by atoms with Crippen molar-refractivity contribution in [3.05, 3.63) is 29.1 Å². The van der Waals surface area contributed by atoms with E-state index in [0.29, 0.717) is 42.6 Å². The van der Waals surface area contributed by atoms with Crippen molar-refractivity contribution in [1.29, 1.82) is 0 Å². The lowest BCUT2D eigenvalue weighted by molar-refractivity contribution is -0.123. The molecular weight excluding hydrogens is 237 g/mol. The van der Waals surface area contributed by atoms with E-state index in [9.17, 15) is 19.1 Å². The highest BCUT2D eigenvalue weighted by Crippen LogP contribution is 2.31. The zero-order chi connectivity index (χ0) is 12.9. The second kappa shape index (κ2) is 3.88. The molecule has 1 aliphatic heterocycles. The van der Waals surface area contributed by atoms with Gasteiger partial charge < -0.3 is 10.0 Å². The van der Waals surface area contributed by atoms with E-state index in [1.54, 1.807) is 6.07 Å². The molecule has 18 heavy (non-hydrogen) atoms. The molecule has 1 aromatic rings. The third-order valence-electron chi connectivity index (χ3n) is 3.57. The Balaban J connectivity index is 2.05. The van der Waals surface area contributed by atoms with Gasteiger partial charge in [-0.3, -0.25) is 9.59 Å². The van der Waals surface area contributed by atoms with Crippen LogP contribution in [-0.2, 0) is 11.2 Å². The predicted molar refractivity (Wildman–Crippen MR) is 62.0 cm³/mol. The van der Waals surface area contributed by atoms with E-state index >= 15 is 0 Å². The fourth-order valence-corrected chi connectivity index (χ4v) is 2.58. The Kier molecular flexibility index (Phi) is 2.45. The molecule has 1 fully saturated rings. The van der Waals surface area contributed by atoms with Crippen molar-refractivity contribution in [3.8, 4) is 0 Å². The van der Waals surface area contributed by atoms with Crippen LogP contribution in [0.5, 0.6) is 0 Å². The topological polar surface area (TPSA) is 57.6 Å². The highest BCUT2D eigenvalue weighted by atomic mass is 19.1. The molecule has 3 rings (SSSR count). The molecule has 0 saturated carbocycles. The number of rotatable bonds is 1. The van der Waals surface area contributed by atoms with Gasteiger partial charge in [0.05, 0.1) is 0 Å². The molecule has 1 aliphatic carbocycles. The van der Waals surface area contributed by atoms with Crippen molar-refractivity contribution in [2.45, 2.75) is 25.4 Å². The number of hydrogen-bond acceptors (Lipinski definition) is 3. The second-order valence-corrected chi connectivity index (χ2v) is 4.67. The van der Waals surface area contributed by atoms with Gasteiger partial charge in [-0.25, -0.2) is 4.39 Å². The van der Waals surface area contributed by atoms with Crippen LogP contribution in [0.2, 0.25) is 0 Å². The van der Waals surface area contributed by atoms with Gasteiger partial charge in [0.1, 0.15) is 11.9 Å². The van der Waals surface area contributed by atoms with E-state index in [1.165, 1.54) is 11.0 Å². The monoisotopic (exact) mass is 249 g/mol. The maximum Gasteiger partial charge on any atom is 0.255 e. The number of anilines is 1. The number of aliphatic hydroxyl groups excluding tert-OH is 1. The Bertz CT molecular complexity index is 555. The number of nitrogens with zero attached hydrogens (tertiary/aromatic N) is 1. The van der Waals surface area contributed by atoms with Crippen LogP contribution in [0.1, 0.15) is 28.8 Å². The number of carbonyl (C=O) groups excluding carboxylic acids is 2. The minimum absolute atomic E-state index is 0.0852. The number of carbonyl (C=O) groups is 2. The molecule has 4 nitrogen and oxygen atoms in total. The summed E-state index contributed by atoms with van der Waals surface area (Å²) in [4.78, 5) is 24.6. The highest BCUT2D eigenvalue weighted by molar-refractivity contribution is 6.03. The lowest BCUT2D eigenvalue weighted by Gasteiger charge is -2.17. The fraction of sp³-hybridized carbons (Fsp3) is 0.385. The van der Waals surface area contributed by atoms with E-state index in [1.807, 2.05) is 0 Å². The van der Waals surface area contributed by atoms with Crippen molar-refractivity contribution in [2.24, 2.45) is 0 Å². The first-order chi connectivity index (χ1) is 8.58. The van der Waals surface area contributed by atoms with Crippen molar-refractivity contribution >= 4 is 17.4 Å². The molecule has 0 spiro atoms. The normalized spacial score (nSPS) is 22.8. The summed E-state index contributed by atoms with van der Waals surface area (Å²) in [5, 5.41) is 9.39. The average molecular weight is 249 g/mol. The van der Waals surface area contributed by atoms with Crippen LogP contribution in [-0.4, -0.2) is 29.4 Å². The van der Waals surface area contributed by atoms with Gasteiger partial charge in [-0.15, -0.1) is 0 Å². The van der Waals surface area contributed by atoms with Gasteiger partial charge in [-0.1, -0.05) is 0 Å². The van der Waals surface area contributed by atoms with Crippen LogP contribution in [0.4, 0.5) is 10.1 Å². The summed E-state index contributed by atoms with van der Waals surface area (Å²) in [6.45, 7) is 0.354. The maximum absolute atomic E-state index is 13.8. The molecule has 1 aromatic carbocycles. The Morgan fingerprint density at radius 1 is 1.28 bits per heavy atom. The van der Waals surface area contributed by atoms with Crippen molar-refractivity contribution < 1.29 is 19.1 Å². The summed E-state index contributed by atoms with van der Waals surface area (Å²) in [6.07, 6.45) is 0.0752. The van der Waals surface area contributed by atoms with Crippen LogP contribution < -0.4 is 4.90 Å². The van der Waals surface area contributed by atoms with Crippen molar-refractivity contribution in [3.63, 3.8) is 0 Å². The van der Waals surface area contributed by atoms with Gasteiger partial charge in [0, 0.05) is 30.6 Å². The van der Waals surface area contributed by atoms with Crippen LogP contribution in [0, 0.1) is 5.82 Å². The van der Waals surface area contributed by atoms with Gasteiger partial charge >= 0.3 is 0 Å². The zero-order valence-electron chi connectivity index (χ0n) is 9.65. The summed E-state index contributed by atoms with van der Waals surface area (Å²) < 4.78 is 13.8. The fourth-order valence-electron chi connectivity index (χ4n) is 2.58. The lowest BCUT2D eigenvalue weighted by atomic mass is 10.1. The molecule has 1 atom stereocenters. The maximum atomic E-state index is 13.8. The van der Waals surface area contributed by atoms with E-state index in [0.717, 1.165) is 0 Å². The molecular formula is C13H12FNO3. The minimum Gasteiger partial charge on any atom is -0.383 e. The van der Waals surface area contributed by atoms with Gasteiger partial charge in [-0.05, 0) is 24.1 Å². The lowest BCUT2D eigenvalue weighted by Crippen LogP contribution is -2.29. The van der Waals surface area contributed by atoms with Gasteiger partial charge in [0.15, 0.2) is 5.78 Å². The Morgan fingerprint density at radius 3 is 2.72 bits per heavy atom. The first-order valence-corrected chi connectivity index (χ1v) is 5.93. The zero-order valence-corrected chi connectivity index (χ0v) is 9.65. The van der Waals surface area contributed by atoms with E-state index in [-0.39, 0.29) is 5.78 Å². The molecule has 1 N–H and O–H groups in total. The van der Waals surface area contributed by atoms with Crippen LogP contribution in [0.25, 0.3) is 0 Å². The molecule has 1 heterocycles. The quantitative estimate of drug-likeness (QED) is 0.809. The number of amides is 1. The Hall–Kier alpha value is -1.75. The molecule has 5 heteroatoms. The van der Waals surface area contributed by atoms with Crippen LogP contribution >= 0.6 is 0 Å². The number of fused-ring (bicyclic) bond motifs is 1. The molecule has 1 saturated heterocycles. The summed E-state index contributed by atoms with van der Waals surface area (Å²) in [7, 11) is 0. The van der Waals surface area contributed by atoms with Gasteiger partial charge in [-0.2, -0.15) is 0 Å². The molecule has 0 bridgehead atoms. The third kappa shape index (κ3) is 1.54. The van der Waals surface area contributed by atoms with Crippen molar-refractivity contribution in [2.75, 3.05) is 11.4 Å². The summed E-state index contributed by atoms with van der Waals surface area (Å²) >= 11 is 0. The van der Waals surface area contributed by atoms with E-state index in [4.69, 9.17) is 0 Å². The van der Waals surface area contributed by atoms with E-state index < -0.39 is 17.8 Å². The Labute approximate surface area is 103 Å². The molecule has 0 aromatic heterocycles. The standard InChI is InChI=1S/C13H12FNO3/c14-10-6-7(15-4-3-12(17)13(15)18)5-9-8(10)1-2-11(9)16/h5-6,12,17H,1-4H2/t12-/m0/s1. The SMILES string of the molecule is O=C1CCc2c(F)cc(N3CC[C@H](O)C3=O)cc21. The Morgan fingerprint density at radius 2 is 2.06 bits per heavy atom. The molecule has 1 amide bonds. The number of benzene rings is 1. The first-order valence-electron chi connectivity index (χ1n) is 5.93. The van der Waals surface area contributed by atoms with Crippen LogP contribution in [0.15, 0.2) is 12.1 Å². The van der Waals surface area contributed by atoms with Gasteiger partial charge in [0.25, 0.3) is 5.91 Å². The summed E-state index contributed by atoms with van der Waals surface area (Å²) in [5.41, 5.74) is 1.18. The number of ketones is 1. The minimum atomic E-state index is -1.02. The number of Topliss-reactive ketones (excluding diaryl/α,β-unsaturated/α-hetero) is 1. The molecule has 0 unspecified atom stereocenters. The largest absolute Gasteiger partial charge is 0.383 e. The summed E-state index contributed by atoms with van der Waals surface area (Å²) in [6, 6.07) is 2.83. The second-order valence-electron chi connectivity index (χ2n) is 4.67. The molecule has 0 radical (unpaired) electrons. The van der Waals surface area contributed by atoms with E-state index in [2.05, 4.69) is 0 Å². The van der Waals surface area contributed by atoms with Crippen molar-refractivity contribution in [1.82, 2.24) is 0 Å². The molecule has 94 valence electrons. The number of halogens is 1. The van der Waals surface area contributed by atoms with Gasteiger partial charge in [0.2, 0.25) is 0 Å². The number of aliphatic hydroxyl groups is 1. The summed E-state index contributed by atoms with van der Waals surface area (Å²) in [5.74, 6) is -0.958. The predicted octanol–water partition coefficient (Wildman–Crippen LogP) is 1.05. The average Bonchev–Trinajstić information content (AvgIpc) is 2.86. The molecule has 2 aliphatic rings. The smallest absolute Gasteiger partial charge is 0.255 e.